The standard InChI is InChI=1S/C30H31N5O4.C25H23N5O2.C20H23N5O3.C16H28BNO4.C10H10O2.ClH/c1-30(2,3)39-29(38)35-11-9-18(10-12-35)26-23-16-31-34-28(37)22-13-19(14-24(33-26)25(22)23)32-27(36)21-15-20(21)17-7-5-4-6-8-17;31-24(18-12-17(18)14-4-2-1-3-5-14)28-16-10-19-22-20(13-27-30-25(19)32)23(29-21(22)11-16)15-6-8-26-9-7-15;1-20(2,3)28-19(27)25-6-4-11(5-7-25)17-14-10-22-24-18(26)13-8-12(21)9-15(23-17)16(13)14;1-14(2,3)20-13(19)18-10-8-12(9-11-18)17-21-15(4,5)16(6,7)22-17;11-10(12)9-6-8(9)7-4-2-1-3-5-7;/h4-9,13-14,16,20-21,33H,10-12,15H2,1-3H3,(H,32,36)(H,34,37);1-6,10-11,13,17-18,26,29H,7-9,12H2,(H,28,31)(H,30,32);4,8-10,23H,5-7,21H2,1-3H3,(H,24,26);8H,9-11H2,1-7H3;1-5,8-9H,6H2,(H,11,12);1H/t20-,21+;17-,18+;;;8-,9+;/m00..0./s1. The number of H-pyrrole nitrogens is 3. The van der Waals surface area contributed by atoms with Crippen LogP contribution < -0.4 is 38.0 Å². The number of carbonyl (C=O) groups excluding carboxylic acids is 8. The monoisotopic (exact) mass is 1840 g/mol. The van der Waals surface area contributed by atoms with Crippen molar-refractivity contribution in [3.63, 3.8) is 0 Å². The SMILES string of the molecule is CC(C)(C)OC(=O)N1CC=C(B2OC(C)(C)C(C)(C)O2)CC1.CC(C)(C)OC(=O)N1CC=C(c2[nH]c3cc(N)cc4c3c2C=NNC4=O)CC1.CC(C)(C)OC(=O)N1CC=C(c2[nH]c3cc(NC(=O)[C@@H]4C[C@H]4c4ccccc4)cc4c3c2C=NNC4=O)CC1.Cl.O=C(O)[C@@H]1C[C@H]1c1ccccc1.O=C1NN=Cc2c(C3=CCNCC3)[nH]c3cc(NC(=O)[C@@H]4C[C@H]4c4ccccc4)cc1c23. The number of carbonyl (C=O) groups is 9. The van der Waals surface area contributed by atoms with Gasteiger partial charge in [-0.15, -0.1) is 12.4 Å². The highest BCUT2D eigenvalue weighted by atomic mass is 35.5. The molecule has 0 radical (unpaired) electrons. The number of ether oxygens (including phenoxy) is 3. The number of carboxylic acids is 1. The van der Waals surface area contributed by atoms with E-state index in [1.165, 1.54) is 16.7 Å². The Kier molecular flexibility index (Phi) is 27.5. The smallest absolute Gasteiger partial charge is 0.481 e. The van der Waals surface area contributed by atoms with Gasteiger partial charge < -0.3 is 80.0 Å². The number of anilines is 3. The molecular weight excluding hydrogens is 1720 g/mol. The molecule has 3 aliphatic carbocycles. The number of aromatic amines is 3. The average Bonchev–Trinajstić information content (AvgIpc) is 1.62. The highest BCUT2D eigenvalue weighted by Gasteiger charge is 2.53. The average molecular weight is 1840 g/mol. The molecule has 6 aromatic carbocycles. The van der Waals surface area contributed by atoms with E-state index in [4.69, 9.17) is 34.4 Å². The number of nitrogens with two attached hydrogens (primary N) is 1. The molecule has 0 spiro atoms. The van der Waals surface area contributed by atoms with E-state index in [2.05, 4.69) is 92.8 Å². The maximum absolute atomic E-state index is 13.1. The van der Waals surface area contributed by atoms with Crippen molar-refractivity contribution < 1.29 is 71.8 Å². The third-order valence-electron chi connectivity index (χ3n) is 25.4. The van der Waals surface area contributed by atoms with Crippen molar-refractivity contribution in [2.45, 2.75) is 181 Å². The largest absolute Gasteiger partial charge is 0.490 e. The van der Waals surface area contributed by atoms with Crippen molar-refractivity contribution in [1.29, 1.82) is 0 Å². The van der Waals surface area contributed by atoms with E-state index < -0.39 is 22.8 Å². The van der Waals surface area contributed by atoms with Crippen LogP contribution in [-0.2, 0) is 37.9 Å². The van der Waals surface area contributed by atoms with Gasteiger partial charge in [0, 0.05) is 124 Å². The van der Waals surface area contributed by atoms with Crippen molar-refractivity contribution in [3.8, 4) is 0 Å². The molecule has 0 unspecified atom stereocenters. The Bertz CT molecular complexity index is 6310. The normalized spacial score (nSPS) is 20.9. The summed E-state index contributed by atoms with van der Waals surface area (Å²) in [5, 5.41) is 32.8. The quantitative estimate of drug-likeness (QED) is 0.0307. The van der Waals surface area contributed by atoms with Gasteiger partial charge in [-0.3, -0.25) is 28.8 Å². The zero-order valence-electron chi connectivity index (χ0n) is 77.6. The van der Waals surface area contributed by atoms with Gasteiger partial charge >= 0.3 is 31.4 Å². The first-order chi connectivity index (χ1) is 63.3. The third kappa shape index (κ3) is 21.7. The molecule has 700 valence electrons. The summed E-state index contributed by atoms with van der Waals surface area (Å²) in [7, 11) is -0.314. The summed E-state index contributed by atoms with van der Waals surface area (Å²) >= 11 is 0. The Hall–Kier alpha value is -13.4. The number of hydrogen-bond donors (Lipinski definition) is 11. The molecule has 6 atom stereocenters. The highest BCUT2D eigenvalue weighted by Crippen LogP contribution is 2.51. The molecule has 20 rings (SSSR count). The lowest BCUT2D eigenvalue weighted by Crippen LogP contribution is -2.41. The minimum Gasteiger partial charge on any atom is -0.481 e. The Morgan fingerprint density at radius 1 is 0.470 bits per heavy atom. The number of nitrogens with zero attached hydrogens (tertiary/aromatic N) is 6. The summed E-state index contributed by atoms with van der Waals surface area (Å²) in [5.74, 6) is -1.14. The fourth-order valence-electron chi connectivity index (χ4n) is 17.7. The van der Waals surface area contributed by atoms with Crippen molar-refractivity contribution in [3.05, 3.63) is 224 Å². The minimum absolute atomic E-state index is 0. The molecule has 33 heteroatoms. The Labute approximate surface area is 783 Å². The van der Waals surface area contributed by atoms with E-state index in [-0.39, 0.29) is 114 Å². The van der Waals surface area contributed by atoms with Crippen LogP contribution in [0, 0.1) is 17.8 Å². The molecule has 12 N–H and O–H groups in total. The third-order valence-corrected chi connectivity index (χ3v) is 25.4. The number of halogens is 1. The van der Waals surface area contributed by atoms with Crippen LogP contribution in [-0.4, -0.2) is 195 Å². The van der Waals surface area contributed by atoms with Gasteiger partial charge in [0.2, 0.25) is 11.8 Å². The summed E-state index contributed by atoms with van der Waals surface area (Å²) < 4.78 is 28.5. The van der Waals surface area contributed by atoms with Crippen molar-refractivity contribution in [2.24, 2.45) is 33.1 Å². The molecule has 8 aliphatic heterocycles. The summed E-state index contributed by atoms with van der Waals surface area (Å²) in [6, 6.07) is 40.7. The first kappa shape index (κ1) is 95.2. The molecule has 8 amide bonds. The number of amides is 8. The van der Waals surface area contributed by atoms with Crippen molar-refractivity contribution >= 4 is 158 Å². The molecule has 4 fully saturated rings. The number of nitrogens with one attached hydrogen (secondary N) is 9. The van der Waals surface area contributed by atoms with Crippen LogP contribution in [0.5, 0.6) is 0 Å². The molecule has 11 aliphatic rings. The van der Waals surface area contributed by atoms with E-state index in [1.54, 1.807) is 51.5 Å². The van der Waals surface area contributed by atoms with Crippen molar-refractivity contribution in [1.82, 2.24) is 51.2 Å². The number of rotatable bonds is 12. The fraction of sp³-hybridized carbons (Fsp3) is 0.386. The molecule has 3 aromatic heterocycles. The van der Waals surface area contributed by atoms with Crippen LogP contribution in [0.4, 0.5) is 31.4 Å². The maximum atomic E-state index is 13.1. The first-order valence-electron chi connectivity index (χ1n) is 45.4. The lowest BCUT2D eigenvalue weighted by atomic mass is 9.75. The number of hydrogen-bond acceptors (Lipinski definition) is 19. The summed E-state index contributed by atoms with van der Waals surface area (Å²) in [6.07, 6.45) is 17.7. The molecule has 3 saturated carbocycles. The van der Waals surface area contributed by atoms with Gasteiger partial charge in [-0.2, -0.15) is 15.3 Å². The lowest BCUT2D eigenvalue weighted by Gasteiger charge is -2.32. The molecule has 31 nitrogen and oxygen atoms in total. The Morgan fingerprint density at radius 2 is 0.821 bits per heavy atom. The molecule has 9 aromatic rings. The van der Waals surface area contributed by atoms with E-state index in [0.29, 0.717) is 85.9 Å². The van der Waals surface area contributed by atoms with Gasteiger partial charge in [0.15, 0.2) is 0 Å². The van der Waals surface area contributed by atoms with Crippen LogP contribution in [0.25, 0.3) is 49.4 Å². The maximum Gasteiger partial charge on any atom is 0.490 e. The Morgan fingerprint density at radius 3 is 1.16 bits per heavy atom. The predicted octanol–water partition coefficient (Wildman–Crippen LogP) is 16.7. The molecular formula is C101H116BClN16O15. The highest BCUT2D eigenvalue weighted by molar-refractivity contribution is 6.54. The topological polar surface area (TPSA) is 412 Å². The van der Waals surface area contributed by atoms with Gasteiger partial charge in [0.25, 0.3) is 17.7 Å². The summed E-state index contributed by atoms with van der Waals surface area (Å²) in [4.78, 5) is 127. The first-order valence-corrected chi connectivity index (χ1v) is 45.4. The molecule has 134 heavy (non-hydrogen) atoms. The fourth-order valence-corrected chi connectivity index (χ4v) is 17.7. The van der Waals surface area contributed by atoms with Gasteiger partial charge in [-0.25, -0.2) is 30.7 Å². The van der Waals surface area contributed by atoms with Crippen LogP contribution in [0.2, 0.25) is 0 Å². The van der Waals surface area contributed by atoms with Crippen molar-refractivity contribution in [2.75, 3.05) is 68.7 Å². The summed E-state index contributed by atoms with van der Waals surface area (Å²) in [6.45, 7) is 29.8. The number of aromatic nitrogens is 3. The number of nitrogen functional groups attached to an aromatic ring is 1. The predicted molar refractivity (Wildman–Crippen MR) is 521 cm³/mol. The van der Waals surface area contributed by atoms with E-state index in [0.717, 1.165) is 134 Å². The second kappa shape index (κ2) is 38.6. The number of aliphatic carboxylic acids is 1. The minimum atomic E-state index is -0.663. The molecule has 1 saturated heterocycles. The lowest BCUT2D eigenvalue weighted by molar-refractivity contribution is -0.138. The van der Waals surface area contributed by atoms with Crippen LogP contribution in [0.15, 0.2) is 172 Å². The van der Waals surface area contributed by atoms with Crippen LogP contribution in [0.1, 0.15) is 234 Å². The second-order valence-corrected chi connectivity index (χ2v) is 39.2. The van der Waals surface area contributed by atoms with Crippen LogP contribution in [0.3, 0.4) is 0 Å². The van der Waals surface area contributed by atoms with E-state index in [9.17, 15) is 43.2 Å². The van der Waals surface area contributed by atoms with E-state index >= 15 is 0 Å². The van der Waals surface area contributed by atoms with Gasteiger partial charge in [0.05, 0.1) is 69.5 Å². The second-order valence-electron chi connectivity index (χ2n) is 39.2. The molecule has 0 bridgehead atoms. The van der Waals surface area contributed by atoms with Crippen LogP contribution >= 0.6 is 12.4 Å². The molecule has 11 heterocycles. The van der Waals surface area contributed by atoms with Gasteiger partial charge in [-0.05, 0) is 235 Å². The summed E-state index contributed by atoms with van der Waals surface area (Å²) in [5.41, 5.74) is 30.1. The number of benzene rings is 6. The van der Waals surface area contributed by atoms with Gasteiger partial charge in [-0.1, -0.05) is 115 Å². The number of hydrazone groups is 3. The van der Waals surface area contributed by atoms with Gasteiger partial charge in [0.1, 0.15) is 16.8 Å². The zero-order valence-corrected chi connectivity index (χ0v) is 78.5. The zero-order chi connectivity index (χ0) is 94.3. The van der Waals surface area contributed by atoms with E-state index in [1.807, 2.05) is 193 Å². The Balaban J connectivity index is 0.000000132. The number of carboxylic acid groups (broad SMARTS) is 1.